The van der Waals surface area contributed by atoms with Crippen LogP contribution in [0.4, 0.5) is 4.39 Å². The molecule has 0 radical (unpaired) electrons. The minimum Gasteiger partial charge on any atom is -0.273 e. The quantitative estimate of drug-likeness (QED) is 0.718. The third-order valence-corrected chi connectivity index (χ3v) is 4.32. The van der Waals surface area contributed by atoms with Gasteiger partial charge < -0.3 is 0 Å². The molecule has 1 amide bonds. The molecule has 2 aromatic carbocycles. The Morgan fingerprint density at radius 2 is 1.88 bits per heavy atom. The van der Waals surface area contributed by atoms with E-state index in [9.17, 15) is 9.18 Å². The van der Waals surface area contributed by atoms with E-state index < -0.39 is 0 Å². The zero-order chi connectivity index (χ0) is 19.3. The first kappa shape index (κ1) is 19.6. The fraction of sp³-hybridized carbons (Fsp3) is 0.273. The summed E-state index contributed by atoms with van der Waals surface area (Å²) in [6, 6.07) is 12.1. The second kappa shape index (κ2) is 8.56. The van der Waals surface area contributed by atoms with Gasteiger partial charge >= 0.3 is 0 Å². The Morgan fingerprint density at radius 1 is 1.23 bits per heavy atom. The van der Waals surface area contributed by atoms with E-state index in [1.807, 2.05) is 45.0 Å². The lowest BCUT2D eigenvalue weighted by Gasteiger charge is -2.20. The van der Waals surface area contributed by atoms with Crippen molar-refractivity contribution in [2.45, 2.75) is 40.2 Å². The number of halogens is 1. The van der Waals surface area contributed by atoms with Crippen LogP contribution in [0.5, 0.6) is 0 Å². The molecule has 1 aliphatic heterocycles. The number of hydrogen-bond acceptors (Lipinski definition) is 2. The van der Waals surface area contributed by atoms with E-state index in [2.05, 4.69) is 11.7 Å². The topological polar surface area (TPSA) is 32.7 Å². The standard InChI is InChI=1S/C20H19FN2O.C2H6/c1-4-15-11-17(6-5-13(15)2)19-12-20(23(22-19)14(3)24)16-7-9-18(21)10-8-16;1-2/h4-11,20H,1,12H2,2-3H3;1-2H3. The fourth-order valence-electron chi connectivity index (χ4n) is 2.96. The van der Waals surface area contributed by atoms with E-state index >= 15 is 0 Å². The van der Waals surface area contributed by atoms with Crippen LogP contribution >= 0.6 is 0 Å². The van der Waals surface area contributed by atoms with Crippen molar-refractivity contribution < 1.29 is 9.18 Å². The first-order valence-electron chi connectivity index (χ1n) is 8.86. The molecule has 1 aliphatic rings. The predicted molar refractivity (Wildman–Crippen MR) is 105 cm³/mol. The summed E-state index contributed by atoms with van der Waals surface area (Å²) in [4.78, 5) is 12.0. The molecule has 0 aromatic heterocycles. The van der Waals surface area contributed by atoms with Gasteiger partial charge in [0, 0.05) is 13.3 Å². The van der Waals surface area contributed by atoms with E-state index in [0.717, 1.165) is 28.0 Å². The maximum absolute atomic E-state index is 13.2. The SMILES string of the molecule is C=Cc1cc(C2=NN(C(C)=O)C(c3ccc(F)cc3)C2)ccc1C.CC. The molecule has 0 bridgehead atoms. The summed E-state index contributed by atoms with van der Waals surface area (Å²) < 4.78 is 13.2. The Kier molecular flexibility index (Phi) is 6.45. The zero-order valence-corrected chi connectivity index (χ0v) is 15.8. The summed E-state index contributed by atoms with van der Waals surface area (Å²) in [6.07, 6.45) is 2.42. The summed E-state index contributed by atoms with van der Waals surface area (Å²) in [5, 5.41) is 6.00. The van der Waals surface area contributed by atoms with Gasteiger partial charge in [0.2, 0.25) is 5.91 Å². The molecule has 0 spiro atoms. The second-order valence-corrected chi connectivity index (χ2v) is 5.96. The Bertz CT molecular complexity index is 825. The summed E-state index contributed by atoms with van der Waals surface area (Å²) >= 11 is 0. The number of benzene rings is 2. The number of aryl methyl sites for hydroxylation is 1. The highest BCUT2D eigenvalue weighted by atomic mass is 19.1. The van der Waals surface area contributed by atoms with Gasteiger partial charge in [-0.3, -0.25) is 4.79 Å². The van der Waals surface area contributed by atoms with Crippen LogP contribution < -0.4 is 0 Å². The lowest BCUT2D eigenvalue weighted by molar-refractivity contribution is -0.130. The summed E-state index contributed by atoms with van der Waals surface area (Å²) in [7, 11) is 0. The minimum atomic E-state index is -0.290. The molecule has 0 saturated carbocycles. The Morgan fingerprint density at radius 3 is 2.46 bits per heavy atom. The van der Waals surface area contributed by atoms with Crippen LogP contribution in [0, 0.1) is 12.7 Å². The van der Waals surface area contributed by atoms with Gasteiger partial charge in [0.25, 0.3) is 0 Å². The van der Waals surface area contributed by atoms with Crippen molar-refractivity contribution in [3.05, 3.63) is 77.1 Å². The Hall–Kier alpha value is -2.75. The molecule has 136 valence electrons. The lowest BCUT2D eigenvalue weighted by atomic mass is 9.96. The van der Waals surface area contributed by atoms with Gasteiger partial charge in [-0.25, -0.2) is 9.40 Å². The molecule has 1 unspecified atom stereocenters. The van der Waals surface area contributed by atoms with Crippen molar-refractivity contribution in [3.8, 4) is 0 Å². The van der Waals surface area contributed by atoms with Crippen molar-refractivity contribution in [3.63, 3.8) is 0 Å². The van der Waals surface area contributed by atoms with Crippen molar-refractivity contribution in [2.75, 3.05) is 0 Å². The van der Waals surface area contributed by atoms with Crippen LogP contribution in [0.2, 0.25) is 0 Å². The minimum absolute atomic E-state index is 0.129. The van der Waals surface area contributed by atoms with Crippen LogP contribution in [0.15, 0.2) is 54.1 Å². The van der Waals surface area contributed by atoms with E-state index in [-0.39, 0.29) is 17.8 Å². The number of hydrogen-bond donors (Lipinski definition) is 0. The zero-order valence-electron chi connectivity index (χ0n) is 15.8. The number of rotatable bonds is 3. The average Bonchev–Trinajstić information content (AvgIpc) is 3.10. The van der Waals surface area contributed by atoms with Gasteiger partial charge in [-0.2, -0.15) is 5.10 Å². The molecule has 3 rings (SSSR count). The normalized spacial score (nSPS) is 15.8. The van der Waals surface area contributed by atoms with Crippen LogP contribution in [0.3, 0.4) is 0 Å². The summed E-state index contributed by atoms with van der Waals surface area (Å²) in [5.74, 6) is -0.420. The van der Waals surface area contributed by atoms with Gasteiger partial charge in [0.1, 0.15) is 5.82 Å². The molecule has 1 atom stereocenters. The number of carbonyl (C=O) groups is 1. The summed E-state index contributed by atoms with van der Waals surface area (Å²) in [5.41, 5.74) is 4.90. The van der Waals surface area contributed by atoms with E-state index in [0.29, 0.717) is 6.42 Å². The molecule has 26 heavy (non-hydrogen) atoms. The number of carbonyl (C=O) groups excluding carboxylic acids is 1. The van der Waals surface area contributed by atoms with Crippen molar-refractivity contribution in [2.24, 2.45) is 5.10 Å². The first-order valence-corrected chi connectivity index (χ1v) is 8.86. The molecule has 1 heterocycles. The molecule has 3 nitrogen and oxygen atoms in total. The van der Waals surface area contributed by atoms with Gasteiger partial charge in [0.15, 0.2) is 0 Å². The van der Waals surface area contributed by atoms with Crippen LogP contribution in [0.1, 0.15) is 55.5 Å². The first-order chi connectivity index (χ1) is 12.5. The third kappa shape index (κ3) is 4.07. The van der Waals surface area contributed by atoms with Crippen molar-refractivity contribution >= 4 is 17.7 Å². The van der Waals surface area contributed by atoms with Gasteiger partial charge in [-0.1, -0.05) is 50.8 Å². The van der Waals surface area contributed by atoms with E-state index in [1.54, 1.807) is 12.1 Å². The van der Waals surface area contributed by atoms with Crippen molar-refractivity contribution in [1.82, 2.24) is 5.01 Å². The fourth-order valence-corrected chi connectivity index (χ4v) is 2.96. The average molecular weight is 352 g/mol. The Labute approximate surface area is 154 Å². The monoisotopic (exact) mass is 352 g/mol. The molecular weight excluding hydrogens is 327 g/mol. The third-order valence-electron chi connectivity index (χ3n) is 4.32. The van der Waals surface area contributed by atoms with Gasteiger partial charge in [0.05, 0.1) is 11.8 Å². The van der Waals surface area contributed by atoms with Crippen LogP contribution in [0.25, 0.3) is 6.08 Å². The highest BCUT2D eigenvalue weighted by Crippen LogP contribution is 2.33. The molecule has 0 fully saturated rings. The van der Waals surface area contributed by atoms with Crippen LogP contribution in [-0.4, -0.2) is 16.6 Å². The number of hydrazone groups is 1. The maximum atomic E-state index is 13.2. The number of nitrogens with zero attached hydrogens (tertiary/aromatic N) is 2. The van der Waals surface area contributed by atoms with E-state index in [4.69, 9.17) is 0 Å². The maximum Gasteiger partial charge on any atom is 0.240 e. The highest BCUT2D eigenvalue weighted by molar-refractivity contribution is 6.03. The lowest BCUT2D eigenvalue weighted by Crippen LogP contribution is -2.24. The van der Waals surface area contributed by atoms with Gasteiger partial charge in [-0.05, 0) is 47.4 Å². The number of amides is 1. The molecule has 0 N–H and O–H groups in total. The van der Waals surface area contributed by atoms with Crippen LogP contribution in [-0.2, 0) is 4.79 Å². The van der Waals surface area contributed by atoms with Gasteiger partial charge in [-0.15, -0.1) is 0 Å². The Balaban J connectivity index is 0.00000117. The molecule has 0 aliphatic carbocycles. The summed E-state index contributed by atoms with van der Waals surface area (Å²) in [6.45, 7) is 11.4. The van der Waals surface area contributed by atoms with Crippen molar-refractivity contribution in [1.29, 1.82) is 0 Å². The highest BCUT2D eigenvalue weighted by Gasteiger charge is 2.31. The largest absolute Gasteiger partial charge is 0.273 e. The molecule has 0 saturated heterocycles. The smallest absolute Gasteiger partial charge is 0.240 e. The molecule has 4 heteroatoms. The molecular formula is C22H25FN2O. The second-order valence-electron chi connectivity index (χ2n) is 5.96. The van der Waals surface area contributed by atoms with E-state index in [1.165, 1.54) is 24.1 Å². The molecule has 2 aromatic rings. The predicted octanol–water partition coefficient (Wildman–Crippen LogP) is 5.50.